The average molecular weight is 156 g/mol. The molecule has 0 aliphatic rings. The molecule has 0 unspecified atom stereocenters. The zero-order valence-electron chi connectivity index (χ0n) is 6.66. The minimum Gasteiger partial charge on any atom is -0.314 e. The molecule has 5 nitrogen and oxygen atoms in total. The summed E-state index contributed by atoms with van der Waals surface area (Å²) in [6, 6.07) is -0.358. The number of hydrogen-bond acceptors (Lipinski definition) is 3. The number of amides is 2. The van der Waals surface area contributed by atoms with Crippen molar-refractivity contribution in [3.63, 3.8) is 0 Å². The largest absolute Gasteiger partial charge is 0.340 e. The van der Waals surface area contributed by atoms with Crippen LogP contribution in [0.4, 0.5) is 4.79 Å². The predicted octanol–water partition coefficient (Wildman–Crippen LogP) is 1.20. The van der Waals surface area contributed by atoms with Gasteiger partial charge in [-0.25, -0.2) is 10.2 Å². The Labute approximate surface area is 65.6 Å². The van der Waals surface area contributed by atoms with Gasteiger partial charge < -0.3 is 5.32 Å². The Hall–Kier alpha value is -1.39. The predicted molar refractivity (Wildman–Crippen MR) is 41.9 cm³/mol. The van der Waals surface area contributed by atoms with Crippen LogP contribution in [-0.2, 0) is 0 Å². The van der Waals surface area contributed by atoms with Crippen LogP contribution in [0.5, 0.6) is 0 Å². The first-order valence-electron chi connectivity index (χ1n) is 3.24. The number of nitrogens with one attached hydrogen (secondary N) is 2. The fraction of sp³-hybridized carbons (Fsp3) is 0.500. The maximum Gasteiger partial charge on any atom is 0.340 e. The second-order valence-electron chi connectivity index (χ2n) is 2.10. The summed E-state index contributed by atoms with van der Waals surface area (Å²) in [7, 11) is 0. The van der Waals surface area contributed by atoms with Crippen molar-refractivity contribution in [1.29, 1.82) is 0 Å². The lowest BCUT2D eigenvalue weighted by Crippen LogP contribution is -2.27. The lowest BCUT2D eigenvalue weighted by molar-refractivity contribution is 0.243. The quantitative estimate of drug-likeness (QED) is 0.468. The maximum atomic E-state index is 10.6. The number of carbonyl (C=O) groups excluding carboxylic acids is 1. The second-order valence-corrected chi connectivity index (χ2v) is 2.10. The number of urea groups is 1. The van der Waals surface area contributed by atoms with Crippen LogP contribution < -0.4 is 10.7 Å². The van der Waals surface area contributed by atoms with Crippen LogP contribution in [0.15, 0.2) is 23.1 Å². The highest BCUT2D eigenvalue weighted by atomic mass is 16.2. The molecule has 0 radical (unpaired) electrons. The van der Waals surface area contributed by atoms with Crippen LogP contribution >= 0.6 is 0 Å². The molecule has 0 aliphatic heterocycles. The highest BCUT2D eigenvalue weighted by molar-refractivity contribution is 5.74. The maximum absolute atomic E-state index is 10.6. The van der Waals surface area contributed by atoms with Crippen molar-refractivity contribution in [2.45, 2.75) is 19.9 Å². The lowest BCUT2D eigenvalue weighted by atomic mass is 10.4. The van der Waals surface area contributed by atoms with Crippen molar-refractivity contribution in [1.82, 2.24) is 10.7 Å². The molecule has 5 heteroatoms. The van der Waals surface area contributed by atoms with Gasteiger partial charge in [-0.05, 0) is 20.0 Å². The molecule has 11 heavy (non-hydrogen) atoms. The van der Waals surface area contributed by atoms with E-state index in [0.29, 0.717) is 0 Å². The Balaban J connectivity index is 3.52. The summed E-state index contributed by atoms with van der Waals surface area (Å²) >= 11 is 0. The minimum absolute atomic E-state index is 0.0824. The number of nitrogens with zero attached hydrogens (tertiary/aromatic N) is 2. The topological polar surface area (TPSA) is 65.8 Å². The summed E-state index contributed by atoms with van der Waals surface area (Å²) in [6.07, 6.45) is 1.26. The average Bonchev–Trinajstić information content (AvgIpc) is 1.87. The van der Waals surface area contributed by atoms with Gasteiger partial charge in [0.2, 0.25) is 0 Å². The fourth-order valence-electron chi connectivity index (χ4n) is 0.315. The Bertz CT molecular complexity index is 164. The van der Waals surface area contributed by atoms with E-state index < -0.39 is 6.03 Å². The van der Waals surface area contributed by atoms with Crippen molar-refractivity contribution < 1.29 is 4.79 Å². The van der Waals surface area contributed by atoms with E-state index in [9.17, 15) is 4.79 Å². The molecule has 0 aromatic rings. The van der Waals surface area contributed by atoms with Crippen LogP contribution in [0.1, 0.15) is 13.8 Å². The van der Waals surface area contributed by atoms with E-state index >= 15 is 0 Å². The Morgan fingerprint density at radius 3 is 2.73 bits per heavy atom. The van der Waals surface area contributed by atoms with Gasteiger partial charge in [0.05, 0.1) is 6.04 Å². The normalized spacial score (nSPS) is 10.1. The lowest BCUT2D eigenvalue weighted by Gasteiger charge is -1.96. The minimum atomic E-state index is -0.440. The zero-order valence-corrected chi connectivity index (χ0v) is 6.66. The number of hydrogen-bond donors (Lipinski definition) is 2. The molecule has 0 rings (SSSR count). The van der Waals surface area contributed by atoms with E-state index in [-0.39, 0.29) is 6.04 Å². The zero-order chi connectivity index (χ0) is 8.69. The highest BCUT2D eigenvalue weighted by Crippen LogP contribution is 1.84. The van der Waals surface area contributed by atoms with Gasteiger partial charge in [-0.1, -0.05) is 11.8 Å². The van der Waals surface area contributed by atoms with Gasteiger partial charge in [-0.15, -0.1) is 0 Å². The Morgan fingerprint density at radius 2 is 2.27 bits per heavy atom. The molecule has 0 saturated carbocycles. The molecule has 2 N–H and O–H groups in total. The van der Waals surface area contributed by atoms with Crippen LogP contribution in [0, 0.1) is 0 Å². The first-order chi connectivity index (χ1) is 5.16. The van der Waals surface area contributed by atoms with Gasteiger partial charge in [0.25, 0.3) is 0 Å². The van der Waals surface area contributed by atoms with E-state index in [2.05, 4.69) is 27.7 Å². The third-order valence-corrected chi connectivity index (χ3v) is 0.673. The summed E-state index contributed by atoms with van der Waals surface area (Å²) in [4.78, 5) is 10.6. The van der Waals surface area contributed by atoms with Crippen molar-refractivity contribution in [2.75, 3.05) is 0 Å². The molecule has 2 amide bonds. The highest BCUT2D eigenvalue weighted by Gasteiger charge is 1.91. The summed E-state index contributed by atoms with van der Waals surface area (Å²) in [6.45, 7) is 7.02. The molecule has 0 fully saturated rings. The second kappa shape index (κ2) is 5.40. The first-order valence-corrected chi connectivity index (χ1v) is 3.24. The van der Waals surface area contributed by atoms with Gasteiger partial charge in [0.1, 0.15) is 0 Å². The molecule has 0 saturated heterocycles. The van der Waals surface area contributed by atoms with E-state index in [1.807, 2.05) is 13.8 Å². The van der Waals surface area contributed by atoms with E-state index in [1.165, 1.54) is 6.20 Å². The van der Waals surface area contributed by atoms with E-state index in [0.717, 1.165) is 0 Å². The molecule has 0 heterocycles. The third-order valence-electron chi connectivity index (χ3n) is 0.673. The summed E-state index contributed by atoms with van der Waals surface area (Å²) in [5, 5.41) is 9.35. The van der Waals surface area contributed by atoms with Crippen molar-refractivity contribution >= 4 is 6.03 Å². The summed E-state index contributed by atoms with van der Waals surface area (Å²) in [5.74, 6) is 0. The Kier molecular flexibility index (Phi) is 4.72. The third kappa shape index (κ3) is 6.50. The van der Waals surface area contributed by atoms with Crippen molar-refractivity contribution in [3.8, 4) is 0 Å². The standard InChI is InChI=1S/C6H12N4O/c1-4-7-6(11)9-10-8-5(2)3/h4-5H,1H2,2-3H3,(H2,7,8,9,11). The molecule has 0 spiro atoms. The summed E-state index contributed by atoms with van der Waals surface area (Å²) in [5.41, 5.74) is 2.15. The molecule has 0 aromatic heterocycles. The van der Waals surface area contributed by atoms with E-state index in [4.69, 9.17) is 0 Å². The molecular weight excluding hydrogens is 144 g/mol. The van der Waals surface area contributed by atoms with Gasteiger partial charge in [0.15, 0.2) is 0 Å². The molecule has 0 aromatic carbocycles. The van der Waals surface area contributed by atoms with Gasteiger partial charge in [0, 0.05) is 0 Å². The molecule has 0 bridgehead atoms. The van der Waals surface area contributed by atoms with Gasteiger partial charge in [-0.3, -0.25) is 0 Å². The fourth-order valence-corrected chi connectivity index (χ4v) is 0.315. The van der Waals surface area contributed by atoms with Gasteiger partial charge in [-0.2, -0.15) is 5.11 Å². The molecule has 0 aliphatic carbocycles. The first kappa shape index (κ1) is 9.61. The van der Waals surface area contributed by atoms with E-state index in [1.54, 1.807) is 0 Å². The summed E-state index contributed by atoms with van der Waals surface area (Å²) < 4.78 is 0. The van der Waals surface area contributed by atoms with Crippen LogP contribution in [-0.4, -0.2) is 12.1 Å². The Morgan fingerprint density at radius 1 is 1.64 bits per heavy atom. The number of carbonyl (C=O) groups is 1. The number of rotatable bonds is 3. The smallest absolute Gasteiger partial charge is 0.314 e. The monoisotopic (exact) mass is 156 g/mol. The van der Waals surface area contributed by atoms with Crippen molar-refractivity contribution in [3.05, 3.63) is 12.8 Å². The molecule has 62 valence electrons. The van der Waals surface area contributed by atoms with Crippen molar-refractivity contribution in [2.24, 2.45) is 10.3 Å². The molecular formula is C6H12N4O. The van der Waals surface area contributed by atoms with Gasteiger partial charge >= 0.3 is 6.03 Å². The van der Waals surface area contributed by atoms with Crippen LogP contribution in [0.2, 0.25) is 0 Å². The molecule has 0 atom stereocenters. The van der Waals surface area contributed by atoms with Crippen LogP contribution in [0.25, 0.3) is 0 Å². The van der Waals surface area contributed by atoms with Crippen LogP contribution in [0.3, 0.4) is 0 Å². The SMILES string of the molecule is C=CNC(=O)NN=NC(C)C.